The molecule has 1 saturated carbocycles. The van der Waals surface area contributed by atoms with E-state index in [1.54, 1.807) is 12.1 Å². The maximum absolute atomic E-state index is 13.1. The van der Waals surface area contributed by atoms with Gasteiger partial charge in [0.05, 0.1) is 0 Å². The maximum atomic E-state index is 13.1. The molecular formula is C16H24FN. The highest BCUT2D eigenvalue weighted by Gasteiger charge is 2.22. The highest BCUT2D eigenvalue weighted by Crippen LogP contribution is 2.27. The summed E-state index contributed by atoms with van der Waals surface area (Å²) in [5, 5.41) is 3.67. The van der Waals surface area contributed by atoms with E-state index < -0.39 is 0 Å². The molecule has 0 heterocycles. The van der Waals surface area contributed by atoms with Crippen molar-refractivity contribution in [3.63, 3.8) is 0 Å². The summed E-state index contributed by atoms with van der Waals surface area (Å²) < 4.78 is 13.1. The van der Waals surface area contributed by atoms with Crippen molar-refractivity contribution in [3.8, 4) is 0 Å². The molecule has 1 aliphatic carbocycles. The molecule has 18 heavy (non-hydrogen) atoms. The number of rotatable bonds is 5. The van der Waals surface area contributed by atoms with Gasteiger partial charge in [-0.2, -0.15) is 0 Å². The van der Waals surface area contributed by atoms with Crippen LogP contribution in [0.3, 0.4) is 0 Å². The van der Waals surface area contributed by atoms with Gasteiger partial charge in [0.2, 0.25) is 0 Å². The van der Waals surface area contributed by atoms with Crippen LogP contribution in [0.15, 0.2) is 24.3 Å². The Hall–Kier alpha value is -0.890. The van der Waals surface area contributed by atoms with Crippen molar-refractivity contribution in [3.05, 3.63) is 35.6 Å². The van der Waals surface area contributed by atoms with Crippen molar-refractivity contribution >= 4 is 0 Å². The van der Waals surface area contributed by atoms with Crippen molar-refractivity contribution in [2.45, 2.75) is 58.0 Å². The van der Waals surface area contributed by atoms with Gasteiger partial charge >= 0.3 is 0 Å². The molecule has 1 N–H and O–H groups in total. The van der Waals surface area contributed by atoms with Crippen LogP contribution in [-0.2, 0) is 6.42 Å². The van der Waals surface area contributed by atoms with Gasteiger partial charge in [-0.1, -0.05) is 25.0 Å². The normalized spacial score (nSPS) is 19.9. The Balaban J connectivity index is 1.82. The predicted molar refractivity (Wildman–Crippen MR) is 74.1 cm³/mol. The standard InChI is InChI=1S/C16H24FN/c1-12(10-14-6-5-9-16(17)11-14)18-13(2)15-7-3-4-8-15/h5-6,9,11-13,15,18H,3-4,7-8,10H2,1-2H3/t12?,13-/m0/s1. The average Bonchev–Trinajstić information content (AvgIpc) is 2.81. The van der Waals surface area contributed by atoms with E-state index in [1.165, 1.54) is 31.7 Å². The first-order valence-electron chi connectivity index (χ1n) is 7.15. The monoisotopic (exact) mass is 249 g/mol. The van der Waals surface area contributed by atoms with Crippen LogP contribution in [-0.4, -0.2) is 12.1 Å². The predicted octanol–water partition coefficient (Wildman–Crippen LogP) is 3.93. The Morgan fingerprint density at radius 2 is 2.00 bits per heavy atom. The van der Waals surface area contributed by atoms with Crippen molar-refractivity contribution in [2.75, 3.05) is 0 Å². The van der Waals surface area contributed by atoms with E-state index in [9.17, 15) is 4.39 Å². The van der Waals surface area contributed by atoms with Gasteiger partial charge in [-0.25, -0.2) is 4.39 Å². The summed E-state index contributed by atoms with van der Waals surface area (Å²) in [6.07, 6.45) is 6.39. The van der Waals surface area contributed by atoms with Crippen LogP contribution in [0.1, 0.15) is 45.1 Å². The zero-order chi connectivity index (χ0) is 13.0. The maximum Gasteiger partial charge on any atom is 0.123 e. The lowest BCUT2D eigenvalue weighted by Crippen LogP contribution is -2.39. The zero-order valence-electron chi connectivity index (χ0n) is 11.5. The lowest BCUT2D eigenvalue weighted by molar-refractivity contribution is 0.348. The average molecular weight is 249 g/mol. The summed E-state index contributed by atoms with van der Waals surface area (Å²) >= 11 is 0. The minimum absolute atomic E-state index is 0.136. The Bertz CT molecular complexity index is 371. The highest BCUT2D eigenvalue weighted by atomic mass is 19.1. The molecule has 1 unspecified atom stereocenters. The molecule has 0 amide bonds. The van der Waals surface area contributed by atoms with Crippen molar-refractivity contribution in [2.24, 2.45) is 5.92 Å². The van der Waals surface area contributed by atoms with Crippen LogP contribution in [0, 0.1) is 11.7 Å². The summed E-state index contributed by atoms with van der Waals surface area (Å²) in [6, 6.07) is 7.92. The number of hydrogen-bond acceptors (Lipinski definition) is 1. The fraction of sp³-hybridized carbons (Fsp3) is 0.625. The number of hydrogen-bond donors (Lipinski definition) is 1. The molecule has 1 aliphatic rings. The molecule has 0 radical (unpaired) electrons. The topological polar surface area (TPSA) is 12.0 Å². The summed E-state index contributed by atoms with van der Waals surface area (Å²) in [5.41, 5.74) is 1.08. The second-order valence-electron chi connectivity index (χ2n) is 5.73. The fourth-order valence-electron chi connectivity index (χ4n) is 3.12. The van der Waals surface area contributed by atoms with Crippen LogP contribution in [0.2, 0.25) is 0 Å². The molecule has 2 rings (SSSR count). The third-order valence-corrected chi connectivity index (χ3v) is 4.09. The van der Waals surface area contributed by atoms with Gasteiger partial charge < -0.3 is 5.32 Å². The quantitative estimate of drug-likeness (QED) is 0.834. The van der Waals surface area contributed by atoms with Crippen LogP contribution in [0.25, 0.3) is 0 Å². The van der Waals surface area contributed by atoms with Crippen LogP contribution in [0.4, 0.5) is 4.39 Å². The SMILES string of the molecule is CC(Cc1cccc(F)c1)N[C@@H](C)C1CCCC1. The molecule has 0 aromatic heterocycles. The van der Waals surface area contributed by atoms with Gasteiger partial charge in [-0.05, 0) is 56.7 Å². The minimum atomic E-state index is -0.136. The first-order chi connectivity index (χ1) is 8.65. The smallest absolute Gasteiger partial charge is 0.123 e. The lowest BCUT2D eigenvalue weighted by Gasteiger charge is -2.25. The number of benzene rings is 1. The molecule has 0 aliphatic heterocycles. The molecule has 1 nitrogen and oxygen atoms in total. The molecule has 0 spiro atoms. The Morgan fingerprint density at radius 3 is 2.67 bits per heavy atom. The highest BCUT2D eigenvalue weighted by molar-refractivity contribution is 5.17. The Morgan fingerprint density at radius 1 is 1.28 bits per heavy atom. The van der Waals surface area contributed by atoms with Gasteiger partial charge in [0.1, 0.15) is 5.82 Å². The number of nitrogens with one attached hydrogen (secondary N) is 1. The first-order valence-corrected chi connectivity index (χ1v) is 7.15. The lowest BCUT2D eigenvalue weighted by atomic mass is 9.98. The minimum Gasteiger partial charge on any atom is -0.311 e. The van der Waals surface area contributed by atoms with Gasteiger partial charge in [-0.3, -0.25) is 0 Å². The van der Waals surface area contributed by atoms with E-state index >= 15 is 0 Å². The van der Waals surface area contributed by atoms with E-state index in [1.807, 2.05) is 6.07 Å². The van der Waals surface area contributed by atoms with Crippen molar-refractivity contribution in [1.82, 2.24) is 5.32 Å². The fourth-order valence-corrected chi connectivity index (χ4v) is 3.12. The molecule has 2 heteroatoms. The van der Waals surface area contributed by atoms with Crippen molar-refractivity contribution < 1.29 is 4.39 Å². The van der Waals surface area contributed by atoms with Crippen molar-refractivity contribution in [1.29, 1.82) is 0 Å². The van der Waals surface area contributed by atoms with Crippen LogP contribution < -0.4 is 5.32 Å². The summed E-state index contributed by atoms with van der Waals surface area (Å²) in [6.45, 7) is 4.48. The Labute approximate surface area is 110 Å². The van der Waals surface area contributed by atoms with E-state index in [0.717, 1.165) is 17.9 Å². The molecule has 0 bridgehead atoms. The molecule has 1 aromatic rings. The number of halogens is 1. The second kappa shape index (κ2) is 6.33. The Kier molecular flexibility index (Phi) is 4.76. The van der Waals surface area contributed by atoms with E-state index in [-0.39, 0.29) is 5.82 Å². The van der Waals surface area contributed by atoms with Crippen LogP contribution in [0.5, 0.6) is 0 Å². The van der Waals surface area contributed by atoms with E-state index in [4.69, 9.17) is 0 Å². The first kappa shape index (κ1) is 13.5. The molecular weight excluding hydrogens is 225 g/mol. The van der Waals surface area contributed by atoms with E-state index in [0.29, 0.717) is 12.1 Å². The second-order valence-corrected chi connectivity index (χ2v) is 5.73. The molecule has 1 aromatic carbocycles. The van der Waals surface area contributed by atoms with Gasteiger partial charge in [-0.15, -0.1) is 0 Å². The van der Waals surface area contributed by atoms with E-state index in [2.05, 4.69) is 19.2 Å². The summed E-state index contributed by atoms with van der Waals surface area (Å²) in [4.78, 5) is 0. The van der Waals surface area contributed by atoms with Gasteiger partial charge in [0.25, 0.3) is 0 Å². The molecule has 0 saturated heterocycles. The molecule has 1 fully saturated rings. The third kappa shape index (κ3) is 3.81. The zero-order valence-corrected chi connectivity index (χ0v) is 11.5. The third-order valence-electron chi connectivity index (χ3n) is 4.09. The molecule has 2 atom stereocenters. The summed E-state index contributed by atoms with van der Waals surface area (Å²) in [5.74, 6) is 0.698. The van der Waals surface area contributed by atoms with Gasteiger partial charge in [0, 0.05) is 12.1 Å². The van der Waals surface area contributed by atoms with Crippen LogP contribution >= 0.6 is 0 Å². The van der Waals surface area contributed by atoms with Gasteiger partial charge in [0.15, 0.2) is 0 Å². The molecule has 100 valence electrons. The largest absolute Gasteiger partial charge is 0.311 e. The summed E-state index contributed by atoms with van der Waals surface area (Å²) in [7, 11) is 0.